The number of fused-ring (bicyclic) bond motifs is 1. The van der Waals surface area contributed by atoms with E-state index in [2.05, 4.69) is 16.0 Å². The summed E-state index contributed by atoms with van der Waals surface area (Å²) in [4.78, 5) is 58.5. The maximum absolute atomic E-state index is 12.6. The minimum Gasteiger partial charge on any atom is -0.478 e. The number of aliphatic carboxylic acids is 1. The normalized spacial score (nSPS) is 14.7. The molecule has 0 radical (unpaired) electrons. The van der Waals surface area contributed by atoms with Gasteiger partial charge in [0.25, 0.3) is 5.91 Å². The Hall–Kier alpha value is -3.77. The molecule has 5 N–H and O–H groups in total. The van der Waals surface area contributed by atoms with E-state index < -0.39 is 29.9 Å². The van der Waals surface area contributed by atoms with Crippen molar-refractivity contribution in [2.45, 2.75) is 26.1 Å². The summed E-state index contributed by atoms with van der Waals surface area (Å²) >= 11 is 0.938. The highest BCUT2D eigenvalue weighted by Gasteiger charge is 2.31. The average molecular weight is 461 g/mol. The summed E-state index contributed by atoms with van der Waals surface area (Å²) in [6, 6.07) is 6.48. The highest BCUT2D eigenvalue weighted by atomic mass is 32.1. The molecular formula is C20H19N3O8S. The number of amides is 3. The fourth-order valence-electron chi connectivity index (χ4n) is 3.21. The number of thiophene rings is 1. The molecular weight excluding hydrogens is 442 g/mol. The van der Waals surface area contributed by atoms with Gasteiger partial charge < -0.3 is 30.9 Å². The number of nitrogens with one attached hydrogen (secondary N) is 3. The number of rotatable bonds is 6. The van der Waals surface area contributed by atoms with Crippen LogP contribution in [0.25, 0.3) is 0 Å². The van der Waals surface area contributed by atoms with Crippen molar-refractivity contribution in [2.75, 3.05) is 17.2 Å². The van der Waals surface area contributed by atoms with E-state index in [9.17, 15) is 29.1 Å². The lowest BCUT2D eigenvalue weighted by molar-refractivity contribution is -0.147. The topological polar surface area (TPSA) is 171 Å². The van der Waals surface area contributed by atoms with Crippen molar-refractivity contribution in [3.05, 3.63) is 45.8 Å². The molecule has 2 heterocycles. The first-order chi connectivity index (χ1) is 15.2. The van der Waals surface area contributed by atoms with E-state index in [0.29, 0.717) is 16.1 Å². The van der Waals surface area contributed by atoms with Gasteiger partial charge in [0.1, 0.15) is 5.00 Å². The zero-order valence-electron chi connectivity index (χ0n) is 16.8. The second kappa shape index (κ2) is 9.58. The first-order valence-electron chi connectivity index (χ1n) is 9.35. The zero-order valence-corrected chi connectivity index (χ0v) is 17.6. The Morgan fingerprint density at radius 3 is 2.50 bits per heavy atom. The smallest absolute Gasteiger partial charge is 0.394 e. The predicted molar refractivity (Wildman–Crippen MR) is 113 cm³/mol. The Balaban J connectivity index is 1.72. The van der Waals surface area contributed by atoms with Gasteiger partial charge in [0.05, 0.1) is 29.5 Å². The Morgan fingerprint density at radius 1 is 1.12 bits per heavy atom. The summed E-state index contributed by atoms with van der Waals surface area (Å²) in [5.74, 6) is -5.14. The quantitative estimate of drug-likeness (QED) is 0.401. The van der Waals surface area contributed by atoms with Crippen LogP contribution in [-0.4, -0.2) is 52.5 Å². The van der Waals surface area contributed by atoms with E-state index in [0.717, 1.165) is 11.3 Å². The molecule has 0 fully saturated rings. The molecule has 1 aliphatic heterocycles. The zero-order chi connectivity index (χ0) is 23.4. The monoisotopic (exact) mass is 461 g/mol. The molecule has 1 aliphatic rings. The van der Waals surface area contributed by atoms with Gasteiger partial charge in [-0.3, -0.25) is 14.4 Å². The van der Waals surface area contributed by atoms with Gasteiger partial charge in [-0.05, 0) is 17.7 Å². The Kier molecular flexibility index (Phi) is 6.85. The molecule has 0 saturated carbocycles. The average Bonchev–Trinajstić information content (AvgIpc) is 3.09. The molecule has 1 aromatic carbocycles. The first kappa shape index (κ1) is 22.9. The molecule has 0 bridgehead atoms. The summed E-state index contributed by atoms with van der Waals surface area (Å²) in [6.45, 7) is 1.45. The molecule has 0 saturated heterocycles. The second-order valence-corrected chi connectivity index (χ2v) is 7.95. The number of carboxylic acid groups (broad SMARTS) is 2. The van der Waals surface area contributed by atoms with Gasteiger partial charge in [-0.25, -0.2) is 9.59 Å². The number of benzene rings is 1. The van der Waals surface area contributed by atoms with Crippen molar-refractivity contribution in [2.24, 2.45) is 0 Å². The molecule has 2 aromatic rings. The third-order valence-electron chi connectivity index (χ3n) is 4.58. The number of carbonyl (C=O) groups excluding carboxylic acids is 3. The molecule has 168 valence electrons. The molecule has 0 spiro atoms. The minimum atomic E-state index is -1.73. The summed E-state index contributed by atoms with van der Waals surface area (Å²) < 4.78 is 5.69. The van der Waals surface area contributed by atoms with E-state index in [1.165, 1.54) is 6.92 Å². The van der Waals surface area contributed by atoms with Crippen LogP contribution in [0.1, 0.15) is 38.1 Å². The number of carboxylic acids is 2. The van der Waals surface area contributed by atoms with Crippen LogP contribution in [0, 0.1) is 0 Å². The fraction of sp³-hybridized carbons (Fsp3) is 0.250. The lowest BCUT2D eigenvalue weighted by Crippen LogP contribution is -2.37. The lowest BCUT2D eigenvalue weighted by Gasteiger charge is -2.24. The van der Waals surface area contributed by atoms with Crippen molar-refractivity contribution >= 4 is 51.7 Å². The highest BCUT2D eigenvalue weighted by Crippen LogP contribution is 2.37. The third kappa shape index (κ3) is 5.10. The van der Waals surface area contributed by atoms with Gasteiger partial charge in [0.2, 0.25) is 5.91 Å². The van der Waals surface area contributed by atoms with Gasteiger partial charge >= 0.3 is 17.8 Å². The summed E-state index contributed by atoms with van der Waals surface area (Å²) in [7, 11) is 0. The number of hydrogen-bond acceptors (Lipinski definition) is 7. The summed E-state index contributed by atoms with van der Waals surface area (Å²) in [5.41, 5.74) is 0.858. The van der Waals surface area contributed by atoms with E-state index in [4.69, 9.17) is 9.84 Å². The van der Waals surface area contributed by atoms with Crippen molar-refractivity contribution in [1.82, 2.24) is 5.32 Å². The maximum Gasteiger partial charge on any atom is 0.394 e. The SMILES string of the molecule is CC(=O)Nc1ccccc1C(=O)NCC1Cc2c(sc(NC(=O)C(=O)O)c2C(=O)O)CO1. The number of hydrogen-bond donors (Lipinski definition) is 5. The van der Waals surface area contributed by atoms with Crippen LogP contribution in [0.15, 0.2) is 24.3 Å². The third-order valence-corrected chi connectivity index (χ3v) is 5.70. The van der Waals surface area contributed by atoms with Gasteiger partial charge in [0, 0.05) is 24.8 Å². The van der Waals surface area contributed by atoms with Crippen molar-refractivity contribution in [1.29, 1.82) is 0 Å². The van der Waals surface area contributed by atoms with E-state index in [-0.39, 0.29) is 41.6 Å². The molecule has 1 unspecified atom stereocenters. The Morgan fingerprint density at radius 2 is 1.84 bits per heavy atom. The Bertz CT molecular complexity index is 1110. The van der Waals surface area contributed by atoms with Crippen LogP contribution in [0.4, 0.5) is 10.7 Å². The van der Waals surface area contributed by atoms with Crippen molar-refractivity contribution in [3.63, 3.8) is 0 Å². The standard InChI is InChI=1S/C20H19N3O8S/c1-9(24)22-13-5-3-2-4-11(13)16(25)21-7-10-6-12-14(8-31-10)32-18(15(12)19(27)28)23-17(26)20(29)30/h2-5,10H,6-8H2,1H3,(H,21,25)(H,22,24)(H,23,26)(H,27,28)(H,29,30). The van der Waals surface area contributed by atoms with Gasteiger partial charge in [-0.15, -0.1) is 11.3 Å². The number of aromatic carboxylic acids is 1. The van der Waals surface area contributed by atoms with Crippen molar-refractivity contribution in [3.8, 4) is 0 Å². The Labute approximate surface area is 185 Å². The molecule has 3 rings (SSSR count). The van der Waals surface area contributed by atoms with Crippen LogP contribution < -0.4 is 16.0 Å². The molecule has 1 aromatic heterocycles. The van der Waals surface area contributed by atoms with Crippen LogP contribution in [-0.2, 0) is 32.1 Å². The fourth-order valence-corrected chi connectivity index (χ4v) is 4.35. The first-order valence-corrected chi connectivity index (χ1v) is 10.2. The lowest BCUT2D eigenvalue weighted by atomic mass is 10.0. The number of ether oxygens (including phenoxy) is 1. The molecule has 0 aliphatic carbocycles. The van der Waals surface area contributed by atoms with Crippen LogP contribution in [0.3, 0.4) is 0 Å². The van der Waals surface area contributed by atoms with Crippen LogP contribution >= 0.6 is 11.3 Å². The van der Waals surface area contributed by atoms with Gasteiger partial charge in [-0.1, -0.05) is 12.1 Å². The van der Waals surface area contributed by atoms with E-state index in [1.807, 2.05) is 0 Å². The number of para-hydroxylation sites is 1. The maximum atomic E-state index is 12.6. The predicted octanol–water partition coefficient (Wildman–Crippen LogP) is 1.30. The number of carbonyl (C=O) groups is 5. The second-order valence-electron chi connectivity index (χ2n) is 6.85. The molecule has 12 heteroatoms. The van der Waals surface area contributed by atoms with E-state index >= 15 is 0 Å². The largest absolute Gasteiger partial charge is 0.478 e. The summed E-state index contributed by atoms with van der Waals surface area (Å²) in [5, 5.41) is 25.6. The van der Waals surface area contributed by atoms with Gasteiger partial charge in [-0.2, -0.15) is 0 Å². The number of anilines is 2. The minimum absolute atomic E-state index is 0.0479. The molecule has 1 atom stereocenters. The molecule has 32 heavy (non-hydrogen) atoms. The van der Waals surface area contributed by atoms with Crippen molar-refractivity contribution < 1.29 is 38.9 Å². The highest BCUT2D eigenvalue weighted by molar-refractivity contribution is 7.17. The van der Waals surface area contributed by atoms with Gasteiger partial charge in [0.15, 0.2) is 0 Å². The molecule has 11 nitrogen and oxygen atoms in total. The summed E-state index contributed by atoms with van der Waals surface area (Å²) in [6.07, 6.45) is -0.403. The van der Waals surface area contributed by atoms with Crippen LogP contribution in [0.2, 0.25) is 0 Å². The van der Waals surface area contributed by atoms with Crippen LogP contribution in [0.5, 0.6) is 0 Å². The van der Waals surface area contributed by atoms with E-state index in [1.54, 1.807) is 24.3 Å². The molecule has 3 amide bonds.